The minimum atomic E-state index is -0.316. The second-order valence-electron chi connectivity index (χ2n) is 4.88. The molecule has 3 rings (SSSR count). The van der Waals surface area contributed by atoms with Crippen molar-refractivity contribution in [2.45, 2.75) is 24.9 Å². The minimum Gasteiger partial charge on any atom is -0.455 e. The van der Waals surface area contributed by atoms with Gasteiger partial charge < -0.3 is 9.47 Å². The average molecular weight is 268 g/mol. The number of aromatic nitrogens is 1. The second-order valence-corrected chi connectivity index (χ2v) is 5.27. The Labute approximate surface area is 110 Å². The first kappa shape index (κ1) is 11.9. The molecule has 0 radical (unpaired) electrons. The summed E-state index contributed by atoms with van der Waals surface area (Å²) in [6, 6.07) is 3.15. The van der Waals surface area contributed by atoms with Crippen LogP contribution in [0.2, 0.25) is 5.15 Å². The minimum absolute atomic E-state index is 0.288. The highest BCUT2D eigenvalue weighted by Crippen LogP contribution is 2.49. The molecule has 4 nitrogen and oxygen atoms in total. The molecule has 0 amide bonds. The normalized spacial score (nSPS) is 24.8. The monoisotopic (exact) mass is 267 g/mol. The van der Waals surface area contributed by atoms with E-state index in [0.29, 0.717) is 23.2 Å². The van der Waals surface area contributed by atoms with Gasteiger partial charge in [0.05, 0.1) is 12.2 Å². The fourth-order valence-electron chi connectivity index (χ4n) is 2.44. The van der Waals surface area contributed by atoms with Crippen LogP contribution in [-0.2, 0) is 9.47 Å². The molecule has 1 aromatic heterocycles. The average Bonchev–Trinajstić information content (AvgIpc) is 2.93. The summed E-state index contributed by atoms with van der Waals surface area (Å²) in [5.74, 6) is 0.0301. The number of esters is 1. The van der Waals surface area contributed by atoms with Gasteiger partial charge in [0.2, 0.25) is 0 Å². The van der Waals surface area contributed by atoms with Crippen molar-refractivity contribution in [2.24, 2.45) is 5.92 Å². The Balaban J connectivity index is 1.71. The zero-order chi connectivity index (χ0) is 12.6. The Bertz CT molecular complexity index is 467. The third-order valence-corrected chi connectivity index (χ3v) is 3.88. The van der Waals surface area contributed by atoms with Crippen LogP contribution in [0.15, 0.2) is 18.3 Å². The number of halogens is 1. The number of hydrogen-bond acceptors (Lipinski definition) is 4. The molecule has 0 unspecified atom stereocenters. The number of rotatable bonds is 3. The summed E-state index contributed by atoms with van der Waals surface area (Å²) in [5, 5.41) is 0.304. The van der Waals surface area contributed by atoms with Crippen LogP contribution in [0.5, 0.6) is 0 Å². The van der Waals surface area contributed by atoms with Crippen LogP contribution in [0.25, 0.3) is 0 Å². The van der Waals surface area contributed by atoms with Crippen LogP contribution in [0, 0.1) is 5.92 Å². The molecule has 96 valence electrons. The molecule has 1 saturated heterocycles. The van der Waals surface area contributed by atoms with Crippen LogP contribution in [0.4, 0.5) is 0 Å². The SMILES string of the molecule is O=C(OC1([C@@H]2CCOC2)CC1)c1ccnc(Cl)c1. The van der Waals surface area contributed by atoms with Crippen LogP contribution >= 0.6 is 11.6 Å². The molecule has 2 aliphatic rings. The van der Waals surface area contributed by atoms with E-state index in [9.17, 15) is 4.79 Å². The summed E-state index contributed by atoms with van der Waals surface area (Å²) in [5.41, 5.74) is 0.170. The van der Waals surface area contributed by atoms with E-state index in [1.807, 2.05) is 0 Å². The number of ether oxygens (including phenoxy) is 2. The van der Waals surface area contributed by atoms with Crippen molar-refractivity contribution in [3.8, 4) is 0 Å². The molecule has 1 aliphatic heterocycles. The van der Waals surface area contributed by atoms with Gasteiger partial charge in [0, 0.05) is 18.7 Å². The summed E-state index contributed by atoms with van der Waals surface area (Å²) in [6.45, 7) is 1.47. The Morgan fingerprint density at radius 3 is 3.00 bits per heavy atom. The molecule has 0 N–H and O–H groups in total. The van der Waals surface area contributed by atoms with Crippen LogP contribution in [0.3, 0.4) is 0 Å². The van der Waals surface area contributed by atoms with Crippen molar-refractivity contribution in [3.63, 3.8) is 0 Å². The van der Waals surface area contributed by atoms with Gasteiger partial charge in [-0.15, -0.1) is 0 Å². The summed E-state index contributed by atoms with van der Waals surface area (Å²) in [4.78, 5) is 15.9. The highest BCUT2D eigenvalue weighted by atomic mass is 35.5. The largest absolute Gasteiger partial charge is 0.455 e. The van der Waals surface area contributed by atoms with Crippen LogP contribution in [-0.4, -0.2) is 29.8 Å². The first-order valence-electron chi connectivity index (χ1n) is 6.12. The van der Waals surface area contributed by atoms with Crippen molar-refractivity contribution < 1.29 is 14.3 Å². The molecule has 1 saturated carbocycles. The van der Waals surface area contributed by atoms with Gasteiger partial charge in [-0.3, -0.25) is 0 Å². The van der Waals surface area contributed by atoms with Gasteiger partial charge in [0.25, 0.3) is 0 Å². The summed E-state index contributed by atoms with van der Waals surface area (Å²) in [6.07, 6.45) is 4.36. The number of nitrogens with zero attached hydrogens (tertiary/aromatic N) is 1. The van der Waals surface area contributed by atoms with Crippen molar-refractivity contribution in [2.75, 3.05) is 13.2 Å². The van der Waals surface area contributed by atoms with Gasteiger partial charge in [-0.2, -0.15) is 0 Å². The molecule has 1 aromatic rings. The molecule has 0 spiro atoms. The van der Waals surface area contributed by atoms with Gasteiger partial charge in [-0.05, 0) is 31.4 Å². The summed E-state index contributed by atoms with van der Waals surface area (Å²) in [7, 11) is 0. The number of hydrogen-bond donors (Lipinski definition) is 0. The Kier molecular flexibility index (Phi) is 2.99. The quantitative estimate of drug-likeness (QED) is 0.623. The second kappa shape index (κ2) is 4.52. The predicted octanol–water partition coefficient (Wildman–Crippen LogP) is 2.46. The molecule has 2 heterocycles. The van der Waals surface area contributed by atoms with Crippen LogP contribution in [0.1, 0.15) is 29.6 Å². The lowest BCUT2D eigenvalue weighted by Gasteiger charge is -2.22. The molecule has 0 bridgehead atoms. The molecule has 1 atom stereocenters. The molecular weight excluding hydrogens is 254 g/mol. The van der Waals surface area contributed by atoms with Gasteiger partial charge in [-0.1, -0.05) is 11.6 Å². The van der Waals surface area contributed by atoms with Crippen molar-refractivity contribution in [1.82, 2.24) is 4.98 Å². The third kappa shape index (κ3) is 2.22. The highest BCUT2D eigenvalue weighted by molar-refractivity contribution is 6.29. The maximum atomic E-state index is 12.1. The molecule has 18 heavy (non-hydrogen) atoms. The van der Waals surface area contributed by atoms with Gasteiger partial charge >= 0.3 is 5.97 Å². The molecule has 5 heteroatoms. The number of carbonyl (C=O) groups excluding carboxylic acids is 1. The van der Waals surface area contributed by atoms with Gasteiger partial charge in [0.15, 0.2) is 0 Å². The van der Waals surface area contributed by atoms with E-state index in [2.05, 4.69) is 4.98 Å². The summed E-state index contributed by atoms with van der Waals surface area (Å²) < 4.78 is 11.0. The Hall–Kier alpha value is -1.13. The molecular formula is C13H14ClNO3. The maximum absolute atomic E-state index is 12.1. The van der Waals surface area contributed by atoms with Gasteiger partial charge in [-0.25, -0.2) is 9.78 Å². The molecule has 2 fully saturated rings. The number of pyridine rings is 1. The number of carbonyl (C=O) groups is 1. The van der Waals surface area contributed by atoms with E-state index < -0.39 is 0 Å². The maximum Gasteiger partial charge on any atom is 0.338 e. The van der Waals surface area contributed by atoms with Crippen molar-refractivity contribution >= 4 is 17.6 Å². The van der Waals surface area contributed by atoms with Gasteiger partial charge in [0.1, 0.15) is 10.8 Å². The smallest absolute Gasteiger partial charge is 0.338 e. The van der Waals surface area contributed by atoms with Crippen molar-refractivity contribution in [3.05, 3.63) is 29.0 Å². The van der Waals surface area contributed by atoms with E-state index >= 15 is 0 Å². The Morgan fingerprint density at radius 1 is 1.56 bits per heavy atom. The van der Waals surface area contributed by atoms with E-state index in [1.54, 1.807) is 6.07 Å². The highest BCUT2D eigenvalue weighted by Gasteiger charge is 2.54. The zero-order valence-electron chi connectivity index (χ0n) is 9.89. The van der Waals surface area contributed by atoms with E-state index in [0.717, 1.165) is 25.9 Å². The third-order valence-electron chi connectivity index (χ3n) is 3.67. The molecule has 0 aromatic carbocycles. The lowest BCUT2D eigenvalue weighted by Crippen LogP contribution is -2.29. The zero-order valence-corrected chi connectivity index (χ0v) is 10.7. The van der Waals surface area contributed by atoms with E-state index in [4.69, 9.17) is 21.1 Å². The summed E-state index contributed by atoms with van der Waals surface area (Å²) >= 11 is 5.76. The van der Waals surface area contributed by atoms with Crippen molar-refractivity contribution in [1.29, 1.82) is 0 Å². The fraction of sp³-hybridized carbons (Fsp3) is 0.538. The van der Waals surface area contributed by atoms with E-state index in [1.165, 1.54) is 12.3 Å². The topological polar surface area (TPSA) is 48.4 Å². The fourth-order valence-corrected chi connectivity index (χ4v) is 2.61. The van der Waals surface area contributed by atoms with Crippen LogP contribution < -0.4 is 0 Å². The Morgan fingerprint density at radius 2 is 2.39 bits per heavy atom. The predicted molar refractivity (Wildman–Crippen MR) is 65.6 cm³/mol. The molecule has 1 aliphatic carbocycles. The first-order valence-corrected chi connectivity index (χ1v) is 6.50. The lowest BCUT2D eigenvalue weighted by molar-refractivity contribution is 0.000824. The lowest BCUT2D eigenvalue weighted by atomic mass is 9.99. The standard InChI is InChI=1S/C13H14ClNO3/c14-11-7-9(1-5-15-11)12(16)18-13(3-4-13)10-2-6-17-8-10/h1,5,7,10H,2-4,6,8H2/t10-/m1/s1. The first-order chi connectivity index (χ1) is 8.70. The van der Waals surface area contributed by atoms with E-state index in [-0.39, 0.29) is 11.6 Å².